The first-order valence-corrected chi connectivity index (χ1v) is 10.1. The zero-order valence-electron chi connectivity index (χ0n) is 16.7. The minimum absolute atomic E-state index is 0.136. The minimum Gasteiger partial charge on any atom is -0.457 e. The van der Waals surface area contributed by atoms with Crippen LogP contribution in [0.1, 0.15) is 53.3 Å². The molecule has 2 aromatic rings. The maximum atomic E-state index is 12.3. The number of hydrogen-bond acceptors (Lipinski definition) is 4. The van der Waals surface area contributed by atoms with E-state index in [9.17, 15) is 9.59 Å². The van der Waals surface area contributed by atoms with Gasteiger partial charge in [-0.2, -0.15) is 0 Å². The molecule has 3 rings (SSSR count). The van der Waals surface area contributed by atoms with Gasteiger partial charge in [-0.15, -0.1) is 0 Å². The summed E-state index contributed by atoms with van der Waals surface area (Å²) < 4.78 is 11.6. The Morgan fingerprint density at radius 3 is 2.14 bits per heavy atom. The number of carbonyl (C=O) groups is 2. The van der Waals surface area contributed by atoms with E-state index < -0.39 is 5.91 Å². The third-order valence-electron chi connectivity index (χ3n) is 5.24. The first-order chi connectivity index (χ1) is 14.0. The monoisotopic (exact) mass is 396 g/mol. The molecule has 1 aliphatic carbocycles. The molecule has 0 bridgehead atoms. The van der Waals surface area contributed by atoms with Crippen molar-refractivity contribution in [2.75, 3.05) is 13.2 Å². The number of nitrogens with one attached hydrogen (secondary N) is 1. The van der Waals surface area contributed by atoms with E-state index in [2.05, 4.69) is 12.2 Å². The number of rotatable bonds is 8. The van der Waals surface area contributed by atoms with Crippen LogP contribution < -0.4 is 15.8 Å². The maximum Gasteiger partial charge on any atom is 0.251 e. The predicted molar refractivity (Wildman–Crippen MR) is 111 cm³/mol. The molecule has 2 unspecified atom stereocenters. The molecule has 2 atom stereocenters. The normalized spacial score (nSPS) is 18.8. The number of hydrogen-bond donors (Lipinski definition) is 2. The molecule has 0 radical (unpaired) electrons. The Morgan fingerprint density at radius 1 is 0.966 bits per heavy atom. The van der Waals surface area contributed by atoms with E-state index in [1.807, 2.05) is 0 Å². The third-order valence-corrected chi connectivity index (χ3v) is 5.24. The molecular weight excluding hydrogens is 368 g/mol. The number of benzene rings is 2. The van der Waals surface area contributed by atoms with Crippen molar-refractivity contribution in [3.05, 3.63) is 59.7 Å². The molecule has 2 aromatic carbocycles. The zero-order valence-corrected chi connectivity index (χ0v) is 16.7. The summed E-state index contributed by atoms with van der Waals surface area (Å²) in [5, 5.41) is 2.89. The van der Waals surface area contributed by atoms with Crippen LogP contribution in [-0.4, -0.2) is 31.1 Å². The number of nitrogens with two attached hydrogens (primary N) is 1. The number of carbonyl (C=O) groups excluding carboxylic acids is 2. The molecule has 1 saturated carbocycles. The molecule has 2 amide bonds. The van der Waals surface area contributed by atoms with Crippen LogP contribution in [0.15, 0.2) is 48.5 Å². The quantitative estimate of drug-likeness (QED) is 0.662. The van der Waals surface area contributed by atoms with Crippen LogP contribution in [0.3, 0.4) is 0 Å². The lowest BCUT2D eigenvalue weighted by Gasteiger charge is -2.28. The Hall–Kier alpha value is -2.86. The molecule has 0 aromatic heterocycles. The molecule has 1 aliphatic rings. The molecule has 0 saturated heterocycles. The second-order valence-electron chi connectivity index (χ2n) is 7.44. The highest BCUT2D eigenvalue weighted by Crippen LogP contribution is 2.26. The maximum absolute atomic E-state index is 12.3. The summed E-state index contributed by atoms with van der Waals surface area (Å²) in [5.41, 5.74) is 6.21. The summed E-state index contributed by atoms with van der Waals surface area (Å²) in [5.74, 6) is 1.16. The van der Waals surface area contributed by atoms with Gasteiger partial charge in [0.1, 0.15) is 11.5 Å². The van der Waals surface area contributed by atoms with E-state index >= 15 is 0 Å². The fourth-order valence-corrected chi connectivity index (χ4v) is 3.50. The van der Waals surface area contributed by atoms with Gasteiger partial charge in [-0.25, -0.2) is 0 Å². The lowest BCUT2D eigenvalue weighted by Crippen LogP contribution is -2.31. The SMILES string of the molecule is CC1CCCCC1OCCNC(=O)c1ccc(Oc2ccc(C(N)=O)cc2)cc1. The van der Waals surface area contributed by atoms with Crippen LogP contribution in [0.5, 0.6) is 11.5 Å². The van der Waals surface area contributed by atoms with Crippen molar-refractivity contribution in [1.29, 1.82) is 0 Å². The lowest BCUT2D eigenvalue weighted by molar-refractivity contribution is -0.00293. The van der Waals surface area contributed by atoms with Crippen LogP contribution in [0.25, 0.3) is 0 Å². The molecule has 0 aliphatic heterocycles. The average molecular weight is 396 g/mol. The molecule has 6 heteroatoms. The van der Waals surface area contributed by atoms with Gasteiger partial charge >= 0.3 is 0 Å². The topological polar surface area (TPSA) is 90.7 Å². The molecule has 154 valence electrons. The van der Waals surface area contributed by atoms with Gasteiger partial charge in [-0.05, 0) is 67.3 Å². The number of amides is 2. The van der Waals surface area contributed by atoms with Gasteiger partial charge < -0.3 is 20.5 Å². The molecule has 0 heterocycles. The van der Waals surface area contributed by atoms with Crippen molar-refractivity contribution in [3.8, 4) is 11.5 Å². The summed E-state index contributed by atoms with van der Waals surface area (Å²) >= 11 is 0. The Kier molecular flexibility index (Phi) is 7.25. The minimum atomic E-state index is -0.481. The fourth-order valence-electron chi connectivity index (χ4n) is 3.50. The predicted octanol–water partition coefficient (Wildman–Crippen LogP) is 3.90. The third kappa shape index (κ3) is 6.06. The van der Waals surface area contributed by atoms with Crippen molar-refractivity contribution in [2.24, 2.45) is 11.7 Å². The number of ether oxygens (including phenoxy) is 2. The molecule has 1 fully saturated rings. The van der Waals surface area contributed by atoms with E-state index in [1.54, 1.807) is 48.5 Å². The molecule has 29 heavy (non-hydrogen) atoms. The Morgan fingerprint density at radius 2 is 1.55 bits per heavy atom. The van der Waals surface area contributed by atoms with Gasteiger partial charge in [0.2, 0.25) is 5.91 Å². The summed E-state index contributed by atoms with van der Waals surface area (Å²) in [7, 11) is 0. The molecule has 3 N–H and O–H groups in total. The Bertz CT molecular complexity index is 818. The summed E-state index contributed by atoms with van der Waals surface area (Å²) in [4.78, 5) is 23.4. The van der Waals surface area contributed by atoms with E-state index in [4.69, 9.17) is 15.2 Å². The standard InChI is InChI=1S/C23H28N2O4/c1-16-4-2-3-5-21(16)28-15-14-25-23(27)18-8-12-20(13-9-18)29-19-10-6-17(7-11-19)22(24)26/h6-13,16,21H,2-5,14-15H2,1H3,(H2,24,26)(H,25,27). The summed E-state index contributed by atoms with van der Waals surface area (Å²) in [6.07, 6.45) is 5.16. The van der Waals surface area contributed by atoms with Crippen molar-refractivity contribution in [3.63, 3.8) is 0 Å². The van der Waals surface area contributed by atoms with E-state index in [1.165, 1.54) is 19.3 Å². The van der Waals surface area contributed by atoms with Crippen LogP contribution in [0.4, 0.5) is 0 Å². The van der Waals surface area contributed by atoms with E-state index in [0.29, 0.717) is 47.8 Å². The van der Waals surface area contributed by atoms with Crippen molar-refractivity contribution in [1.82, 2.24) is 5.32 Å². The lowest BCUT2D eigenvalue weighted by atomic mass is 9.88. The zero-order chi connectivity index (χ0) is 20.6. The first kappa shape index (κ1) is 20.9. The molecule has 6 nitrogen and oxygen atoms in total. The van der Waals surface area contributed by atoms with Crippen molar-refractivity contribution >= 4 is 11.8 Å². The van der Waals surface area contributed by atoms with Gasteiger partial charge in [0.25, 0.3) is 5.91 Å². The second kappa shape index (κ2) is 10.1. The fraction of sp³-hybridized carbons (Fsp3) is 0.391. The van der Waals surface area contributed by atoms with Crippen molar-refractivity contribution < 1.29 is 19.1 Å². The second-order valence-corrected chi connectivity index (χ2v) is 7.44. The first-order valence-electron chi connectivity index (χ1n) is 10.1. The van der Waals surface area contributed by atoms with Gasteiger partial charge in [0.15, 0.2) is 0 Å². The highest BCUT2D eigenvalue weighted by molar-refractivity contribution is 5.94. The van der Waals surface area contributed by atoms with Crippen LogP contribution in [0.2, 0.25) is 0 Å². The average Bonchev–Trinajstić information content (AvgIpc) is 2.73. The smallest absolute Gasteiger partial charge is 0.251 e. The highest BCUT2D eigenvalue weighted by atomic mass is 16.5. The van der Waals surface area contributed by atoms with E-state index in [0.717, 1.165) is 6.42 Å². The van der Waals surface area contributed by atoms with Gasteiger partial charge in [0, 0.05) is 17.7 Å². The van der Waals surface area contributed by atoms with E-state index in [-0.39, 0.29) is 5.91 Å². The Balaban J connectivity index is 1.44. The van der Waals surface area contributed by atoms with Crippen LogP contribution >= 0.6 is 0 Å². The Labute approximate surface area is 171 Å². The molecular formula is C23H28N2O4. The van der Waals surface area contributed by atoms with Gasteiger partial charge in [-0.3, -0.25) is 9.59 Å². The number of primary amides is 1. The molecule has 0 spiro atoms. The highest BCUT2D eigenvalue weighted by Gasteiger charge is 2.21. The van der Waals surface area contributed by atoms with Gasteiger partial charge in [-0.1, -0.05) is 19.8 Å². The summed E-state index contributed by atoms with van der Waals surface area (Å²) in [6, 6.07) is 13.5. The van der Waals surface area contributed by atoms with Crippen LogP contribution in [-0.2, 0) is 4.74 Å². The van der Waals surface area contributed by atoms with Gasteiger partial charge in [0.05, 0.1) is 12.7 Å². The van der Waals surface area contributed by atoms with Crippen LogP contribution in [0, 0.1) is 5.92 Å². The summed E-state index contributed by atoms with van der Waals surface area (Å²) in [6.45, 7) is 3.26. The largest absolute Gasteiger partial charge is 0.457 e. The van der Waals surface area contributed by atoms with Crippen molar-refractivity contribution in [2.45, 2.75) is 38.7 Å².